The van der Waals surface area contributed by atoms with E-state index in [-0.39, 0.29) is 29.8 Å². The fraction of sp³-hybridized carbons (Fsp3) is 0.278. The van der Waals surface area contributed by atoms with Gasteiger partial charge in [-0.15, -0.1) is 0 Å². The van der Waals surface area contributed by atoms with Crippen molar-refractivity contribution in [1.82, 2.24) is 4.98 Å². The molecule has 1 saturated heterocycles. The van der Waals surface area contributed by atoms with E-state index >= 15 is 0 Å². The Morgan fingerprint density at radius 3 is 2.83 bits per heavy atom. The third-order valence-electron chi connectivity index (χ3n) is 4.39. The van der Waals surface area contributed by atoms with E-state index in [9.17, 15) is 14.7 Å². The lowest BCUT2D eigenvalue weighted by Crippen LogP contribution is -2.28. The fourth-order valence-electron chi connectivity index (χ4n) is 2.86. The zero-order chi connectivity index (χ0) is 17.3. The Bertz CT molecular complexity index is 804. The molecule has 1 aliphatic rings. The van der Waals surface area contributed by atoms with Crippen LogP contribution in [0.25, 0.3) is 0 Å². The quantitative estimate of drug-likeness (QED) is 0.908. The van der Waals surface area contributed by atoms with Gasteiger partial charge in [-0.1, -0.05) is 12.1 Å². The molecule has 1 fully saturated rings. The Kier molecular flexibility index (Phi) is 4.20. The number of pyridine rings is 1. The molecule has 1 aromatic heterocycles. The summed E-state index contributed by atoms with van der Waals surface area (Å²) in [6, 6.07) is 8.82. The Morgan fingerprint density at radius 2 is 2.08 bits per heavy atom. The van der Waals surface area contributed by atoms with E-state index in [1.807, 2.05) is 32.0 Å². The lowest BCUT2D eigenvalue weighted by Gasteiger charge is -2.20. The summed E-state index contributed by atoms with van der Waals surface area (Å²) in [6.45, 7) is 4.28. The number of hydrogen-bond donors (Lipinski definition) is 2. The number of carbonyl (C=O) groups is 2. The predicted molar refractivity (Wildman–Crippen MR) is 90.9 cm³/mol. The molecule has 1 atom stereocenters. The molecule has 2 aromatic rings. The van der Waals surface area contributed by atoms with Crippen LogP contribution in [-0.2, 0) is 9.59 Å². The van der Waals surface area contributed by atoms with E-state index < -0.39 is 5.92 Å². The molecule has 1 aromatic carbocycles. The van der Waals surface area contributed by atoms with Crippen molar-refractivity contribution < 1.29 is 14.7 Å². The molecule has 0 spiro atoms. The second-order valence-electron chi connectivity index (χ2n) is 5.98. The van der Waals surface area contributed by atoms with Gasteiger partial charge in [0.2, 0.25) is 11.8 Å². The van der Waals surface area contributed by atoms with E-state index in [1.165, 1.54) is 12.3 Å². The largest absolute Gasteiger partial charge is 0.504 e. The van der Waals surface area contributed by atoms with Gasteiger partial charge in [0.1, 0.15) is 0 Å². The fourth-order valence-corrected chi connectivity index (χ4v) is 2.86. The van der Waals surface area contributed by atoms with Gasteiger partial charge in [0.05, 0.1) is 5.92 Å². The summed E-state index contributed by atoms with van der Waals surface area (Å²) >= 11 is 0. The van der Waals surface area contributed by atoms with Crippen molar-refractivity contribution in [1.29, 1.82) is 0 Å². The van der Waals surface area contributed by atoms with E-state index in [4.69, 9.17) is 0 Å². The summed E-state index contributed by atoms with van der Waals surface area (Å²) in [6.07, 6.45) is 1.63. The van der Waals surface area contributed by atoms with Crippen LogP contribution < -0.4 is 10.2 Å². The third kappa shape index (κ3) is 2.95. The lowest BCUT2D eigenvalue weighted by molar-refractivity contribution is -0.122. The van der Waals surface area contributed by atoms with E-state index in [0.29, 0.717) is 6.54 Å². The molecule has 2 N–H and O–H groups in total. The summed E-state index contributed by atoms with van der Waals surface area (Å²) in [7, 11) is 0. The van der Waals surface area contributed by atoms with Crippen LogP contribution in [0.2, 0.25) is 0 Å². The van der Waals surface area contributed by atoms with Gasteiger partial charge in [0, 0.05) is 24.8 Å². The molecule has 2 amide bonds. The zero-order valence-corrected chi connectivity index (χ0v) is 13.6. The van der Waals surface area contributed by atoms with Crippen LogP contribution >= 0.6 is 0 Å². The summed E-state index contributed by atoms with van der Waals surface area (Å²) in [4.78, 5) is 30.3. The van der Waals surface area contributed by atoms with Gasteiger partial charge < -0.3 is 15.3 Å². The number of aryl methyl sites for hydroxylation is 1. The molecule has 0 aliphatic carbocycles. The highest BCUT2D eigenvalue weighted by molar-refractivity contribution is 6.04. The number of amides is 2. The van der Waals surface area contributed by atoms with Crippen molar-refractivity contribution in [2.24, 2.45) is 5.92 Å². The molecule has 1 aliphatic heterocycles. The van der Waals surface area contributed by atoms with Gasteiger partial charge >= 0.3 is 0 Å². The Morgan fingerprint density at radius 1 is 1.29 bits per heavy atom. The Labute approximate surface area is 140 Å². The minimum atomic E-state index is -0.473. The standard InChI is InChI=1S/C18H19N3O3/c1-11-5-3-6-14(12(11)2)21-10-13(9-16(21)23)18(24)20-17-15(22)7-4-8-19-17/h3-8,13,22H,9-10H2,1-2H3,(H,19,20,24). The third-order valence-corrected chi connectivity index (χ3v) is 4.39. The first-order chi connectivity index (χ1) is 11.5. The number of aromatic hydroxyl groups is 1. The number of aromatic nitrogens is 1. The van der Waals surface area contributed by atoms with Crippen molar-refractivity contribution >= 4 is 23.3 Å². The van der Waals surface area contributed by atoms with Crippen LogP contribution in [0, 0.1) is 19.8 Å². The minimum absolute atomic E-state index is 0.0749. The van der Waals surface area contributed by atoms with Gasteiger partial charge in [-0.2, -0.15) is 0 Å². The lowest BCUT2D eigenvalue weighted by atomic mass is 10.1. The number of anilines is 2. The molecular formula is C18H19N3O3. The molecule has 0 saturated carbocycles. The molecule has 3 rings (SSSR count). The zero-order valence-electron chi connectivity index (χ0n) is 13.6. The molecule has 24 heavy (non-hydrogen) atoms. The number of carbonyl (C=O) groups excluding carboxylic acids is 2. The van der Waals surface area contributed by atoms with E-state index in [1.54, 1.807) is 11.0 Å². The van der Waals surface area contributed by atoms with Crippen molar-refractivity contribution in [3.63, 3.8) is 0 Å². The average Bonchev–Trinajstić information content (AvgIpc) is 2.94. The molecule has 0 radical (unpaired) electrons. The maximum atomic E-state index is 12.4. The second-order valence-corrected chi connectivity index (χ2v) is 5.98. The van der Waals surface area contributed by atoms with E-state index in [2.05, 4.69) is 10.3 Å². The van der Waals surface area contributed by atoms with Crippen LogP contribution in [0.4, 0.5) is 11.5 Å². The topological polar surface area (TPSA) is 82.5 Å². The van der Waals surface area contributed by atoms with Gasteiger partial charge in [-0.25, -0.2) is 4.98 Å². The minimum Gasteiger partial charge on any atom is -0.504 e. The first-order valence-electron chi connectivity index (χ1n) is 7.79. The molecule has 0 bridgehead atoms. The van der Waals surface area contributed by atoms with E-state index in [0.717, 1.165) is 16.8 Å². The number of nitrogens with one attached hydrogen (secondary N) is 1. The van der Waals surface area contributed by atoms with Crippen LogP contribution in [0.5, 0.6) is 5.75 Å². The van der Waals surface area contributed by atoms with Crippen molar-refractivity contribution in [3.05, 3.63) is 47.7 Å². The Hall–Kier alpha value is -2.89. The summed E-state index contributed by atoms with van der Waals surface area (Å²) in [5.41, 5.74) is 2.98. The maximum Gasteiger partial charge on any atom is 0.231 e. The van der Waals surface area contributed by atoms with Crippen LogP contribution in [0.15, 0.2) is 36.5 Å². The molecule has 124 valence electrons. The summed E-state index contributed by atoms with van der Waals surface area (Å²) in [5.74, 6) is -0.847. The second kappa shape index (κ2) is 6.31. The van der Waals surface area contributed by atoms with Gasteiger partial charge in [-0.3, -0.25) is 9.59 Å². The smallest absolute Gasteiger partial charge is 0.231 e. The molecule has 6 nitrogen and oxygen atoms in total. The van der Waals surface area contributed by atoms with Crippen LogP contribution in [0.1, 0.15) is 17.5 Å². The maximum absolute atomic E-state index is 12.4. The average molecular weight is 325 g/mol. The first kappa shape index (κ1) is 16.0. The molecule has 2 heterocycles. The van der Waals surface area contributed by atoms with Gasteiger partial charge in [0.15, 0.2) is 11.6 Å². The predicted octanol–water partition coefficient (Wildman–Crippen LogP) is 2.40. The molecule has 1 unspecified atom stereocenters. The van der Waals surface area contributed by atoms with Gasteiger partial charge in [0.25, 0.3) is 0 Å². The van der Waals surface area contributed by atoms with Crippen LogP contribution in [0.3, 0.4) is 0 Å². The SMILES string of the molecule is Cc1cccc(N2CC(C(=O)Nc3ncccc3O)CC2=O)c1C. The summed E-state index contributed by atoms with van der Waals surface area (Å²) < 4.78 is 0. The van der Waals surface area contributed by atoms with Gasteiger partial charge in [-0.05, 0) is 43.2 Å². The van der Waals surface area contributed by atoms with Crippen molar-refractivity contribution in [3.8, 4) is 5.75 Å². The number of nitrogens with zero attached hydrogens (tertiary/aromatic N) is 2. The Balaban J connectivity index is 1.76. The number of rotatable bonds is 3. The number of hydrogen-bond acceptors (Lipinski definition) is 4. The first-order valence-corrected chi connectivity index (χ1v) is 7.79. The van der Waals surface area contributed by atoms with Crippen LogP contribution in [-0.4, -0.2) is 28.4 Å². The molecular weight excluding hydrogens is 306 g/mol. The van der Waals surface area contributed by atoms with Crippen molar-refractivity contribution in [2.45, 2.75) is 20.3 Å². The normalized spacial score (nSPS) is 17.2. The highest BCUT2D eigenvalue weighted by Crippen LogP contribution is 2.30. The van der Waals surface area contributed by atoms with Crippen molar-refractivity contribution in [2.75, 3.05) is 16.8 Å². The summed E-state index contributed by atoms with van der Waals surface area (Å²) in [5, 5.41) is 12.3. The highest BCUT2D eigenvalue weighted by atomic mass is 16.3. The number of benzene rings is 1. The monoisotopic (exact) mass is 325 g/mol. The highest BCUT2D eigenvalue weighted by Gasteiger charge is 2.36. The molecule has 6 heteroatoms.